The average Bonchev–Trinajstić information content (AvgIpc) is 2.40. The first-order chi connectivity index (χ1) is 9.49. The number of rotatable bonds is 7. The van der Waals surface area contributed by atoms with Crippen LogP contribution in [0.15, 0.2) is 29.2 Å². The van der Waals surface area contributed by atoms with Crippen molar-refractivity contribution < 1.29 is 9.59 Å². The summed E-state index contributed by atoms with van der Waals surface area (Å²) in [4.78, 5) is 25.0. The lowest BCUT2D eigenvalue weighted by Gasteiger charge is -2.17. The van der Waals surface area contributed by atoms with Crippen LogP contribution in [0.4, 0.5) is 4.79 Å². The molecule has 3 N–H and O–H groups in total. The van der Waals surface area contributed by atoms with E-state index in [-0.39, 0.29) is 19.0 Å². The SMILES string of the molecule is Cc1ccc(SCCN(C)C(=O)NCCC(N)=O)cc1. The molecular formula is C14H21N3O2S. The molecule has 1 aromatic carbocycles. The van der Waals surface area contributed by atoms with Crippen LogP contribution in [0.5, 0.6) is 0 Å². The Morgan fingerprint density at radius 2 is 1.95 bits per heavy atom. The van der Waals surface area contributed by atoms with Crippen LogP contribution >= 0.6 is 11.8 Å². The van der Waals surface area contributed by atoms with Gasteiger partial charge in [-0.15, -0.1) is 11.8 Å². The molecule has 0 saturated heterocycles. The van der Waals surface area contributed by atoms with Gasteiger partial charge in [0.25, 0.3) is 0 Å². The highest BCUT2D eigenvalue weighted by Crippen LogP contribution is 2.17. The van der Waals surface area contributed by atoms with Crippen LogP contribution in [0.2, 0.25) is 0 Å². The van der Waals surface area contributed by atoms with Gasteiger partial charge in [-0.1, -0.05) is 17.7 Å². The summed E-state index contributed by atoms with van der Waals surface area (Å²) in [6.45, 7) is 2.98. The van der Waals surface area contributed by atoms with Crippen molar-refractivity contribution in [1.29, 1.82) is 0 Å². The van der Waals surface area contributed by atoms with Crippen molar-refractivity contribution in [3.63, 3.8) is 0 Å². The Labute approximate surface area is 123 Å². The molecule has 0 aromatic heterocycles. The first kappa shape index (κ1) is 16.4. The zero-order valence-corrected chi connectivity index (χ0v) is 12.7. The molecule has 0 aliphatic heterocycles. The van der Waals surface area contributed by atoms with E-state index >= 15 is 0 Å². The van der Waals surface area contributed by atoms with Gasteiger partial charge in [0.05, 0.1) is 0 Å². The molecule has 6 heteroatoms. The summed E-state index contributed by atoms with van der Waals surface area (Å²) in [5.74, 6) is 0.408. The number of primary amides is 1. The fourth-order valence-electron chi connectivity index (χ4n) is 1.46. The number of amides is 3. The molecule has 5 nitrogen and oxygen atoms in total. The third kappa shape index (κ3) is 6.47. The molecule has 3 amide bonds. The summed E-state index contributed by atoms with van der Waals surface area (Å²) < 4.78 is 0. The lowest BCUT2D eigenvalue weighted by atomic mass is 10.2. The number of hydrogen-bond acceptors (Lipinski definition) is 3. The molecular weight excluding hydrogens is 274 g/mol. The molecule has 0 radical (unpaired) electrons. The number of benzene rings is 1. The molecule has 0 heterocycles. The van der Waals surface area contributed by atoms with E-state index in [0.717, 1.165) is 5.75 Å². The van der Waals surface area contributed by atoms with Gasteiger partial charge < -0.3 is 16.0 Å². The van der Waals surface area contributed by atoms with Crippen molar-refractivity contribution in [1.82, 2.24) is 10.2 Å². The maximum atomic E-state index is 11.7. The van der Waals surface area contributed by atoms with E-state index in [9.17, 15) is 9.59 Å². The minimum Gasteiger partial charge on any atom is -0.370 e. The minimum absolute atomic E-state index is 0.164. The Hall–Kier alpha value is -1.69. The number of nitrogens with one attached hydrogen (secondary N) is 1. The number of nitrogens with two attached hydrogens (primary N) is 1. The molecule has 0 unspecified atom stereocenters. The summed E-state index contributed by atoms with van der Waals surface area (Å²) in [5.41, 5.74) is 6.24. The highest BCUT2D eigenvalue weighted by molar-refractivity contribution is 7.99. The number of carbonyl (C=O) groups excluding carboxylic acids is 2. The average molecular weight is 295 g/mol. The van der Waals surface area contributed by atoms with Gasteiger partial charge in [0.15, 0.2) is 0 Å². The Bertz CT molecular complexity index is 448. The van der Waals surface area contributed by atoms with Crippen LogP contribution in [0.25, 0.3) is 0 Å². The van der Waals surface area contributed by atoms with Crippen molar-refractivity contribution >= 4 is 23.7 Å². The first-order valence-corrected chi connectivity index (χ1v) is 7.44. The summed E-state index contributed by atoms with van der Waals surface area (Å²) in [5, 5.41) is 2.65. The number of aryl methyl sites for hydroxylation is 1. The third-order valence-corrected chi connectivity index (χ3v) is 3.70. The number of carbonyl (C=O) groups is 2. The minimum atomic E-state index is -0.414. The highest BCUT2D eigenvalue weighted by atomic mass is 32.2. The Morgan fingerprint density at radius 1 is 1.30 bits per heavy atom. The van der Waals surface area contributed by atoms with Gasteiger partial charge >= 0.3 is 6.03 Å². The zero-order chi connectivity index (χ0) is 15.0. The highest BCUT2D eigenvalue weighted by Gasteiger charge is 2.07. The van der Waals surface area contributed by atoms with Crippen LogP contribution in [0.3, 0.4) is 0 Å². The smallest absolute Gasteiger partial charge is 0.317 e. The zero-order valence-electron chi connectivity index (χ0n) is 11.9. The molecule has 0 atom stereocenters. The van der Waals surface area contributed by atoms with Gasteiger partial charge in [0.2, 0.25) is 5.91 Å². The van der Waals surface area contributed by atoms with Gasteiger partial charge in [-0.05, 0) is 19.1 Å². The van der Waals surface area contributed by atoms with Crippen molar-refractivity contribution in [2.24, 2.45) is 5.73 Å². The standard InChI is InChI=1S/C14H21N3O2S/c1-11-3-5-12(6-4-11)20-10-9-17(2)14(19)16-8-7-13(15)18/h3-6H,7-10H2,1-2H3,(H2,15,18)(H,16,19). The maximum absolute atomic E-state index is 11.7. The van der Waals surface area contributed by atoms with Crippen molar-refractivity contribution in [2.45, 2.75) is 18.2 Å². The van der Waals surface area contributed by atoms with Crippen molar-refractivity contribution in [3.8, 4) is 0 Å². The molecule has 110 valence electrons. The molecule has 0 saturated carbocycles. The molecule has 0 aliphatic carbocycles. The summed E-state index contributed by atoms with van der Waals surface area (Å²) in [6, 6.07) is 8.11. The van der Waals surface area contributed by atoms with Crippen LogP contribution in [-0.2, 0) is 4.79 Å². The Morgan fingerprint density at radius 3 is 2.55 bits per heavy atom. The molecule has 0 aliphatic rings. The van der Waals surface area contributed by atoms with Gasteiger partial charge in [0, 0.05) is 37.2 Å². The number of nitrogens with zero attached hydrogens (tertiary/aromatic N) is 1. The van der Waals surface area contributed by atoms with Gasteiger partial charge in [-0.25, -0.2) is 4.79 Å². The predicted molar refractivity (Wildman–Crippen MR) is 81.7 cm³/mol. The maximum Gasteiger partial charge on any atom is 0.317 e. The normalized spacial score (nSPS) is 10.1. The van der Waals surface area contributed by atoms with E-state index in [4.69, 9.17) is 5.73 Å². The largest absolute Gasteiger partial charge is 0.370 e. The molecule has 0 spiro atoms. The quantitative estimate of drug-likeness (QED) is 0.750. The molecule has 1 rings (SSSR count). The van der Waals surface area contributed by atoms with Crippen molar-refractivity contribution in [2.75, 3.05) is 25.9 Å². The lowest BCUT2D eigenvalue weighted by molar-refractivity contribution is -0.117. The van der Waals surface area contributed by atoms with E-state index in [1.165, 1.54) is 10.5 Å². The molecule has 0 fully saturated rings. The van der Waals surface area contributed by atoms with Crippen LogP contribution in [-0.4, -0.2) is 42.7 Å². The van der Waals surface area contributed by atoms with E-state index < -0.39 is 5.91 Å². The molecule has 0 bridgehead atoms. The Kier molecular flexibility index (Phi) is 6.93. The second-order valence-electron chi connectivity index (χ2n) is 4.53. The van der Waals surface area contributed by atoms with Crippen molar-refractivity contribution in [3.05, 3.63) is 29.8 Å². The molecule has 1 aromatic rings. The van der Waals surface area contributed by atoms with E-state index in [1.54, 1.807) is 23.7 Å². The first-order valence-electron chi connectivity index (χ1n) is 6.46. The third-order valence-electron chi connectivity index (χ3n) is 2.71. The summed E-state index contributed by atoms with van der Waals surface area (Å²) in [7, 11) is 1.73. The number of urea groups is 1. The second kappa shape index (κ2) is 8.47. The van der Waals surface area contributed by atoms with Crippen LogP contribution in [0.1, 0.15) is 12.0 Å². The van der Waals surface area contributed by atoms with E-state index in [2.05, 4.69) is 36.5 Å². The van der Waals surface area contributed by atoms with Crippen LogP contribution in [0, 0.1) is 6.92 Å². The van der Waals surface area contributed by atoms with Gasteiger partial charge in [0.1, 0.15) is 0 Å². The summed E-state index contributed by atoms with van der Waals surface area (Å²) in [6.07, 6.45) is 0.164. The van der Waals surface area contributed by atoms with Crippen LogP contribution < -0.4 is 11.1 Å². The predicted octanol–water partition coefficient (Wildman–Crippen LogP) is 1.60. The second-order valence-corrected chi connectivity index (χ2v) is 5.70. The summed E-state index contributed by atoms with van der Waals surface area (Å²) >= 11 is 1.71. The number of hydrogen-bond donors (Lipinski definition) is 2. The number of thioether (sulfide) groups is 1. The van der Waals surface area contributed by atoms with Gasteiger partial charge in [-0.2, -0.15) is 0 Å². The van der Waals surface area contributed by atoms with Gasteiger partial charge in [-0.3, -0.25) is 4.79 Å². The monoisotopic (exact) mass is 295 g/mol. The fourth-order valence-corrected chi connectivity index (χ4v) is 2.39. The van der Waals surface area contributed by atoms with E-state index in [1.807, 2.05) is 0 Å². The topological polar surface area (TPSA) is 75.4 Å². The fraction of sp³-hybridized carbons (Fsp3) is 0.429. The lowest BCUT2D eigenvalue weighted by Crippen LogP contribution is -2.39. The molecule has 20 heavy (non-hydrogen) atoms. The Balaban J connectivity index is 2.21. The van der Waals surface area contributed by atoms with E-state index in [0.29, 0.717) is 6.54 Å².